The van der Waals surface area contributed by atoms with E-state index in [0.29, 0.717) is 5.84 Å². The molecule has 78 valence electrons. The number of rotatable bonds is 1. The standard InChI is InChI=1S/C11H13N3O/c1-7-4-3-5-9(8(7)2)14-11(15)6-10(12)13-14/h3-5H,6H2,1-2H3,(H2,12,13). The van der Waals surface area contributed by atoms with Gasteiger partial charge in [-0.2, -0.15) is 10.1 Å². The fourth-order valence-electron chi connectivity index (χ4n) is 1.60. The first-order valence-corrected chi connectivity index (χ1v) is 4.81. The Labute approximate surface area is 88.4 Å². The summed E-state index contributed by atoms with van der Waals surface area (Å²) >= 11 is 0. The quantitative estimate of drug-likeness (QED) is 0.748. The van der Waals surface area contributed by atoms with Crippen LogP contribution in [0.25, 0.3) is 0 Å². The summed E-state index contributed by atoms with van der Waals surface area (Å²) in [4.78, 5) is 11.6. The highest BCUT2D eigenvalue weighted by Gasteiger charge is 2.24. The lowest BCUT2D eigenvalue weighted by atomic mass is 10.1. The van der Waals surface area contributed by atoms with Crippen molar-refractivity contribution in [1.82, 2.24) is 0 Å². The van der Waals surface area contributed by atoms with Crippen molar-refractivity contribution in [3.8, 4) is 0 Å². The Bertz CT molecular complexity index is 451. The second-order valence-electron chi connectivity index (χ2n) is 3.69. The number of aryl methyl sites for hydroxylation is 1. The van der Waals surface area contributed by atoms with Gasteiger partial charge in [-0.05, 0) is 31.0 Å². The highest BCUT2D eigenvalue weighted by Crippen LogP contribution is 2.25. The molecule has 1 aromatic carbocycles. The molecule has 1 aliphatic rings. The minimum absolute atomic E-state index is 0.0683. The molecule has 0 fully saturated rings. The zero-order valence-corrected chi connectivity index (χ0v) is 8.82. The molecule has 0 saturated heterocycles. The predicted molar refractivity (Wildman–Crippen MR) is 59.6 cm³/mol. The van der Waals surface area contributed by atoms with E-state index < -0.39 is 0 Å². The van der Waals surface area contributed by atoms with E-state index in [1.165, 1.54) is 5.01 Å². The van der Waals surface area contributed by atoms with Gasteiger partial charge in [-0.1, -0.05) is 12.1 Å². The molecule has 2 N–H and O–H groups in total. The Hall–Kier alpha value is -1.84. The first kappa shape index (κ1) is 9.71. The summed E-state index contributed by atoms with van der Waals surface area (Å²) in [6.07, 6.45) is 0.216. The Morgan fingerprint density at radius 1 is 1.40 bits per heavy atom. The number of nitrogens with two attached hydrogens (primary N) is 1. The Morgan fingerprint density at radius 3 is 2.73 bits per heavy atom. The SMILES string of the molecule is Cc1cccc(N2N=C(N)CC2=O)c1C. The zero-order valence-electron chi connectivity index (χ0n) is 8.82. The largest absolute Gasteiger partial charge is 0.385 e. The molecule has 1 aliphatic heterocycles. The van der Waals surface area contributed by atoms with Crippen LogP contribution in [0, 0.1) is 13.8 Å². The van der Waals surface area contributed by atoms with Gasteiger partial charge in [-0.15, -0.1) is 0 Å². The van der Waals surface area contributed by atoms with E-state index in [-0.39, 0.29) is 12.3 Å². The molecule has 0 aliphatic carbocycles. The van der Waals surface area contributed by atoms with E-state index in [9.17, 15) is 4.79 Å². The maximum atomic E-state index is 11.6. The highest BCUT2D eigenvalue weighted by molar-refractivity contribution is 6.11. The molecule has 0 bridgehead atoms. The summed E-state index contributed by atoms with van der Waals surface area (Å²) in [5.74, 6) is 0.308. The van der Waals surface area contributed by atoms with Crippen molar-refractivity contribution in [2.45, 2.75) is 20.3 Å². The summed E-state index contributed by atoms with van der Waals surface area (Å²) < 4.78 is 0. The van der Waals surface area contributed by atoms with Gasteiger partial charge in [0.25, 0.3) is 5.91 Å². The van der Waals surface area contributed by atoms with Gasteiger partial charge in [0.2, 0.25) is 0 Å². The fraction of sp³-hybridized carbons (Fsp3) is 0.273. The number of nitrogens with zero attached hydrogens (tertiary/aromatic N) is 2. The molecule has 4 heteroatoms. The van der Waals surface area contributed by atoms with Gasteiger partial charge in [0, 0.05) is 0 Å². The third-order valence-electron chi connectivity index (χ3n) is 2.60. The number of carbonyl (C=O) groups is 1. The average molecular weight is 203 g/mol. The van der Waals surface area contributed by atoms with E-state index in [2.05, 4.69) is 5.10 Å². The predicted octanol–water partition coefficient (Wildman–Crippen LogP) is 1.31. The average Bonchev–Trinajstić information content (AvgIpc) is 2.50. The van der Waals surface area contributed by atoms with Crippen LogP contribution in [-0.4, -0.2) is 11.7 Å². The van der Waals surface area contributed by atoms with E-state index in [1.54, 1.807) is 0 Å². The summed E-state index contributed by atoms with van der Waals surface area (Å²) in [5, 5.41) is 5.41. The molecule has 2 rings (SSSR count). The van der Waals surface area contributed by atoms with Crippen LogP contribution in [0.4, 0.5) is 5.69 Å². The van der Waals surface area contributed by atoms with E-state index in [4.69, 9.17) is 5.73 Å². The minimum atomic E-state index is -0.0683. The Kier molecular flexibility index (Phi) is 2.19. The fourth-order valence-corrected chi connectivity index (χ4v) is 1.60. The zero-order chi connectivity index (χ0) is 11.0. The van der Waals surface area contributed by atoms with Gasteiger partial charge >= 0.3 is 0 Å². The van der Waals surface area contributed by atoms with Crippen molar-refractivity contribution < 1.29 is 4.79 Å². The van der Waals surface area contributed by atoms with E-state index in [1.807, 2.05) is 32.0 Å². The van der Waals surface area contributed by atoms with Gasteiger partial charge in [-0.3, -0.25) is 4.79 Å². The topological polar surface area (TPSA) is 58.7 Å². The lowest BCUT2D eigenvalue weighted by Gasteiger charge is -2.15. The van der Waals surface area contributed by atoms with Gasteiger partial charge in [0.1, 0.15) is 5.84 Å². The first-order chi connectivity index (χ1) is 7.09. The molecule has 0 atom stereocenters. The maximum absolute atomic E-state index is 11.6. The lowest BCUT2D eigenvalue weighted by Crippen LogP contribution is -2.20. The van der Waals surface area contributed by atoms with E-state index >= 15 is 0 Å². The van der Waals surface area contributed by atoms with Crippen molar-refractivity contribution in [3.63, 3.8) is 0 Å². The van der Waals surface area contributed by atoms with Crippen LogP contribution in [0.5, 0.6) is 0 Å². The van der Waals surface area contributed by atoms with Crippen molar-refractivity contribution in [1.29, 1.82) is 0 Å². The normalized spacial score (nSPS) is 15.7. The summed E-state index contributed by atoms with van der Waals surface area (Å²) in [5.41, 5.74) is 8.55. The molecule has 1 heterocycles. The molecule has 4 nitrogen and oxygen atoms in total. The highest BCUT2D eigenvalue weighted by atomic mass is 16.2. The number of hydrogen-bond donors (Lipinski definition) is 1. The smallest absolute Gasteiger partial charge is 0.255 e. The minimum Gasteiger partial charge on any atom is -0.385 e. The number of anilines is 1. The molecule has 0 unspecified atom stereocenters. The van der Waals surface area contributed by atoms with Crippen LogP contribution < -0.4 is 10.7 Å². The van der Waals surface area contributed by atoms with Crippen molar-refractivity contribution in [3.05, 3.63) is 29.3 Å². The van der Waals surface area contributed by atoms with E-state index in [0.717, 1.165) is 16.8 Å². The lowest BCUT2D eigenvalue weighted by molar-refractivity contribution is -0.116. The molecule has 15 heavy (non-hydrogen) atoms. The number of benzene rings is 1. The van der Waals surface area contributed by atoms with Crippen LogP contribution >= 0.6 is 0 Å². The van der Waals surface area contributed by atoms with Crippen LogP contribution in [-0.2, 0) is 4.79 Å². The van der Waals surface area contributed by atoms with Crippen LogP contribution in [0.1, 0.15) is 17.5 Å². The summed E-state index contributed by atoms with van der Waals surface area (Å²) in [7, 11) is 0. The second-order valence-corrected chi connectivity index (χ2v) is 3.69. The summed E-state index contributed by atoms with van der Waals surface area (Å²) in [6.45, 7) is 3.98. The number of hydrogen-bond acceptors (Lipinski definition) is 3. The Balaban J connectivity index is 2.46. The molecule has 0 aromatic heterocycles. The number of amidine groups is 1. The molecular formula is C11H13N3O. The molecular weight excluding hydrogens is 190 g/mol. The molecule has 1 aromatic rings. The van der Waals surface area contributed by atoms with Crippen molar-refractivity contribution >= 4 is 17.4 Å². The monoisotopic (exact) mass is 203 g/mol. The molecule has 0 saturated carbocycles. The number of carbonyl (C=O) groups excluding carboxylic acids is 1. The van der Waals surface area contributed by atoms with Gasteiger partial charge in [-0.25, -0.2) is 0 Å². The van der Waals surface area contributed by atoms with Crippen molar-refractivity contribution in [2.24, 2.45) is 10.8 Å². The van der Waals surface area contributed by atoms with Crippen LogP contribution in [0.2, 0.25) is 0 Å². The van der Waals surface area contributed by atoms with Gasteiger partial charge < -0.3 is 5.73 Å². The van der Waals surface area contributed by atoms with Crippen molar-refractivity contribution in [2.75, 3.05) is 5.01 Å². The third-order valence-corrected chi connectivity index (χ3v) is 2.60. The number of amides is 1. The van der Waals surface area contributed by atoms with Gasteiger partial charge in [0.05, 0.1) is 12.1 Å². The second kappa shape index (κ2) is 3.38. The third kappa shape index (κ3) is 1.58. The van der Waals surface area contributed by atoms with Gasteiger partial charge in [0.15, 0.2) is 0 Å². The maximum Gasteiger partial charge on any atom is 0.255 e. The number of hydrazone groups is 1. The van der Waals surface area contributed by atoms with Crippen LogP contribution in [0.3, 0.4) is 0 Å². The molecule has 0 radical (unpaired) electrons. The van der Waals surface area contributed by atoms with Crippen LogP contribution in [0.15, 0.2) is 23.3 Å². The molecule has 1 amide bonds. The molecule has 0 spiro atoms. The first-order valence-electron chi connectivity index (χ1n) is 4.81. The Morgan fingerprint density at radius 2 is 2.13 bits per heavy atom. The summed E-state index contributed by atoms with van der Waals surface area (Å²) in [6, 6.07) is 5.80.